The fourth-order valence-corrected chi connectivity index (χ4v) is 1.61. The second-order valence-electron chi connectivity index (χ2n) is 4.19. The van der Waals surface area contributed by atoms with E-state index in [4.69, 9.17) is 5.73 Å². The minimum atomic E-state index is -0.243. The van der Waals surface area contributed by atoms with Crippen molar-refractivity contribution in [3.05, 3.63) is 29.8 Å². The van der Waals surface area contributed by atoms with E-state index < -0.39 is 0 Å². The van der Waals surface area contributed by atoms with Gasteiger partial charge >= 0.3 is 0 Å². The van der Waals surface area contributed by atoms with E-state index in [1.807, 2.05) is 13.1 Å². The van der Waals surface area contributed by atoms with E-state index in [2.05, 4.69) is 20.7 Å². The lowest BCUT2D eigenvalue weighted by atomic mass is 10.4. The van der Waals surface area contributed by atoms with Crippen LogP contribution in [-0.4, -0.2) is 43.8 Å². The molecule has 2 rings (SSSR count). The molecule has 19 heavy (non-hydrogen) atoms. The van der Waals surface area contributed by atoms with Crippen molar-refractivity contribution in [1.82, 2.24) is 30.1 Å². The van der Waals surface area contributed by atoms with Crippen molar-refractivity contribution < 1.29 is 4.79 Å². The summed E-state index contributed by atoms with van der Waals surface area (Å²) < 4.78 is 3.33. The Labute approximate surface area is 110 Å². The number of hydrogen-bond acceptors (Lipinski definition) is 5. The van der Waals surface area contributed by atoms with Crippen molar-refractivity contribution in [2.45, 2.75) is 20.0 Å². The summed E-state index contributed by atoms with van der Waals surface area (Å²) in [7, 11) is 0. The first-order valence-electron chi connectivity index (χ1n) is 6.06. The quantitative estimate of drug-likeness (QED) is 0.708. The predicted molar refractivity (Wildman–Crippen MR) is 68.4 cm³/mol. The third kappa shape index (κ3) is 3.62. The van der Waals surface area contributed by atoms with Crippen LogP contribution in [-0.2, 0) is 13.1 Å². The molecular formula is C11H17N7O. The Bertz CT molecular complexity index is 545. The molecule has 8 nitrogen and oxygen atoms in total. The number of nitrogens with one attached hydrogen (secondary N) is 1. The smallest absolute Gasteiger partial charge is 0.273 e. The van der Waals surface area contributed by atoms with Crippen molar-refractivity contribution >= 4 is 5.91 Å². The maximum atomic E-state index is 11.8. The third-order valence-electron chi connectivity index (χ3n) is 2.52. The molecule has 3 N–H and O–H groups in total. The summed E-state index contributed by atoms with van der Waals surface area (Å²) in [4.78, 5) is 11.8. The van der Waals surface area contributed by atoms with Crippen LogP contribution in [0, 0.1) is 6.92 Å². The van der Waals surface area contributed by atoms with Crippen LogP contribution in [0.4, 0.5) is 0 Å². The zero-order chi connectivity index (χ0) is 13.7. The first-order valence-corrected chi connectivity index (χ1v) is 6.06. The van der Waals surface area contributed by atoms with Gasteiger partial charge in [-0.15, -0.1) is 5.10 Å². The molecule has 0 fully saturated rings. The van der Waals surface area contributed by atoms with E-state index in [1.165, 1.54) is 0 Å². The monoisotopic (exact) mass is 263 g/mol. The Morgan fingerprint density at radius 1 is 1.37 bits per heavy atom. The number of amides is 1. The maximum Gasteiger partial charge on any atom is 0.273 e. The maximum absolute atomic E-state index is 11.8. The van der Waals surface area contributed by atoms with Gasteiger partial charge < -0.3 is 11.1 Å². The lowest BCUT2D eigenvalue weighted by molar-refractivity contribution is 0.0947. The molecular weight excluding hydrogens is 246 g/mol. The molecule has 0 saturated heterocycles. The van der Waals surface area contributed by atoms with E-state index in [0.29, 0.717) is 31.9 Å². The van der Waals surface area contributed by atoms with Crippen LogP contribution in [0.2, 0.25) is 0 Å². The summed E-state index contributed by atoms with van der Waals surface area (Å²) in [5, 5.41) is 14.5. The van der Waals surface area contributed by atoms with Crippen LogP contribution in [0.15, 0.2) is 18.6 Å². The fraction of sp³-hybridized carbons (Fsp3) is 0.455. The van der Waals surface area contributed by atoms with Gasteiger partial charge in [0.1, 0.15) is 0 Å². The molecule has 0 radical (unpaired) electrons. The molecule has 0 aliphatic rings. The predicted octanol–water partition coefficient (Wildman–Crippen LogP) is -0.828. The van der Waals surface area contributed by atoms with E-state index in [1.54, 1.807) is 21.8 Å². The van der Waals surface area contributed by atoms with E-state index >= 15 is 0 Å². The van der Waals surface area contributed by atoms with E-state index in [9.17, 15) is 4.79 Å². The fourth-order valence-electron chi connectivity index (χ4n) is 1.61. The van der Waals surface area contributed by atoms with Gasteiger partial charge in [0.15, 0.2) is 5.69 Å². The van der Waals surface area contributed by atoms with Gasteiger partial charge in [-0.05, 0) is 12.5 Å². The largest absolute Gasteiger partial charge is 0.349 e. The molecule has 2 aromatic rings. The van der Waals surface area contributed by atoms with Crippen LogP contribution in [0.25, 0.3) is 0 Å². The van der Waals surface area contributed by atoms with E-state index in [0.717, 1.165) is 5.56 Å². The van der Waals surface area contributed by atoms with Crippen LogP contribution < -0.4 is 11.1 Å². The zero-order valence-corrected chi connectivity index (χ0v) is 10.8. The van der Waals surface area contributed by atoms with Crippen LogP contribution in [0.3, 0.4) is 0 Å². The van der Waals surface area contributed by atoms with Crippen molar-refractivity contribution in [3.63, 3.8) is 0 Å². The third-order valence-corrected chi connectivity index (χ3v) is 2.52. The number of nitrogens with zero attached hydrogens (tertiary/aromatic N) is 5. The molecule has 0 spiro atoms. The Balaban J connectivity index is 1.80. The topological polar surface area (TPSA) is 104 Å². The number of aromatic nitrogens is 5. The molecule has 0 aliphatic carbocycles. The number of rotatable bonds is 6. The zero-order valence-electron chi connectivity index (χ0n) is 10.8. The average molecular weight is 263 g/mol. The highest BCUT2D eigenvalue weighted by molar-refractivity contribution is 5.91. The van der Waals surface area contributed by atoms with Gasteiger partial charge in [0.25, 0.3) is 5.91 Å². The van der Waals surface area contributed by atoms with Gasteiger partial charge in [-0.25, -0.2) is 0 Å². The normalized spacial score (nSPS) is 10.6. The number of carbonyl (C=O) groups is 1. The molecule has 2 heterocycles. The van der Waals surface area contributed by atoms with Gasteiger partial charge in [-0.3, -0.25) is 14.2 Å². The molecule has 0 aromatic carbocycles. The lowest BCUT2D eigenvalue weighted by Gasteiger charge is -2.02. The summed E-state index contributed by atoms with van der Waals surface area (Å²) in [6, 6.07) is 0. The molecule has 8 heteroatoms. The van der Waals surface area contributed by atoms with Crippen molar-refractivity contribution in [2.24, 2.45) is 5.73 Å². The van der Waals surface area contributed by atoms with Crippen molar-refractivity contribution in [2.75, 3.05) is 13.1 Å². The number of nitrogens with two attached hydrogens (primary N) is 1. The highest BCUT2D eigenvalue weighted by Crippen LogP contribution is 1.95. The number of hydrogen-bond donors (Lipinski definition) is 2. The summed E-state index contributed by atoms with van der Waals surface area (Å²) in [6.07, 6.45) is 5.28. The number of aryl methyl sites for hydroxylation is 1. The SMILES string of the molecule is Cc1cnn(CCNC(=O)c2cn(CCN)nn2)c1. The van der Waals surface area contributed by atoms with Gasteiger partial charge in [0.2, 0.25) is 0 Å². The highest BCUT2D eigenvalue weighted by atomic mass is 16.2. The molecule has 102 valence electrons. The Morgan fingerprint density at radius 3 is 2.89 bits per heavy atom. The van der Waals surface area contributed by atoms with Gasteiger partial charge in [0.05, 0.1) is 25.5 Å². The minimum Gasteiger partial charge on any atom is -0.349 e. The summed E-state index contributed by atoms with van der Waals surface area (Å²) >= 11 is 0. The molecule has 0 unspecified atom stereocenters. The van der Waals surface area contributed by atoms with Crippen LogP contribution in [0.5, 0.6) is 0 Å². The van der Waals surface area contributed by atoms with Gasteiger partial charge in [-0.1, -0.05) is 5.21 Å². The first-order chi connectivity index (χ1) is 9.19. The van der Waals surface area contributed by atoms with Crippen molar-refractivity contribution in [3.8, 4) is 0 Å². The van der Waals surface area contributed by atoms with Crippen molar-refractivity contribution in [1.29, 1.82) is 0 Å². The summed E-state index contributed by atoms with van der Waals surface area (Å²) in [6.45, 7) is 4.09. The Hall–Kier alpha value is -2.22. The summed E-state index contributed by atoms with van der Waals surface area (Å²) in [5.74, 6) is -0.243. The Kier molecular flexibility index (Phi) is 4.24. The van der Waals surface area contributed by atoms with Gasteiger partial charge in [0, 0.05) is 19.3 Å². The lowest BCUT2D eigenvalue weighted by Crippen LogP contribution is -2.27. The Morgan fingerprint density at radius 2 is 2.21 bits per heavy atom. The van der Waals surface area contributed by atoms with Gasteiger partial charge in [-0.2, -0.15) is 5.10 Å². The van der Waals surface area contributed by atoms with E-state index in [-0.39, 0.29) is 5.91 Å². The molecule has 0 aliphatic heterocycles. The van der Waals surface area contributed by atoms with Crippen LogP contribution >= 0.6 is 0 Å². The number of carbonyl (C=O) groups excluding carboxylic acids is 1. The highest BCUT2D eigenvalue weighted by Gasteiger charge is 2.09. The molecule has 2 aromatic heterocycles. The first kappa shape index (κ1) is 13.2. The molecule has 1 amide bonds. The second kappa shape index (κ2) is 6.10. The molecule has 0 bridgehead atoms. The molecule has 0 saturated carbocycles. The minimum absolute atomic E-state index is 0.243. The van der Waals surface area contributed by atoms with Crippen LogP contribution in [0.1, 0.15) is 16.1 Å². The summed E-state index contributed by atoms with van der Waals surface area (Å²) in [5.41, 5.74) is 6.78. The standard InChI is InChI=1S/C11H17N7O/c1-9-6-14-17(7-9)5-3-13-11(19)10-8-18(4-2-12)16-15-10/h6-8H,2-5,12H2,1H3,(H,13,19). The average Bonchev–Trinajstić information content (AvgIpc) is 2.99. The second-order valence-corrected chi connectivity index (χ2v) is 4.19. The molecule has 0 atom stereocenters.